The Morgan fingerprint density at radius 1 is 1.18 bits per heavy atom. The summed E-state index contributed by atoms with van der Waals surface area (Å²) in [6.07, 6.45) is 1.59. The van der Waals surface area contributed by atoms with Crippen LogP contribution in [0.5, 0.6) is 5.75 Å². The lowest BCUT2D eigenvalue weighted by atomic mass is 10.2. The van der Waals surface area contributed by atoms with Crippen LogP contribution in [0.15, 0.2) is 24.8 Å². The molecule has 22 heavy (non-hydrogen) atoms. The Bertz CT molecular complexity index is 549. The van der Waals surface area contributed by atoms with Gasteiger partial charge in [0.2, 0.25) is 0 Å². The van der Waals surface area contributed by atoms with Crippen LogP contribution in [0.2, 0.25) is 15.1 Å². The lowest BCUT2D eigenvalue weighted by molar-refractivity contribution is -0.146. The molecule has 1 unspecified atom stereocenters. The summed E-state index contributed by atoms with van der Waals surface area (Å²) in [5, 5.41) is 0.629. The molecule has 7 heteroatoms. The first-order chi connectivity index (χ1) is 10.3. The molecular weight excluding hydrogens is 351 g/mol. The van der Waals surface area contributed by atoms with Crippen LogP contribution in [0, 0.1) is 0 Å². The first-order valence-electron chi connectivity index (χ1n) is 6.50. The van der Waals surface area contributed by atoms with E-state index in [1.54, 1.807) is 6.92 Å². The minimum absolute atomic E-state index is 0.0346. The van der Waals surface area contributed by atoms with Gasteiger partial charge in [-0.05, 0) is 25.5 Å². The second-order valence-electron chi connectivity index (χ2n) is 4.46. The van der Waals surface area contributed by atoms with E-state index >= 15 is 0 Å². The molecule has 0 aromatic heterocycles. The maximum atomic E-state index is 11.7. The highest BCUT2D eigenvalue weighted by atomic mass is 35.5. The lowest BCUT2D eigenvalue weighted by Crippen LogP contribution is -2.14. The fourth-order valence-electron chi connectivity index (χ4n) is 1.48. The van der Waals surface area contributed by atoms with Crippen molar-refractivity contribution in [2.75, 3.05) is 0 Å². The number of carbonyl (C=O) groups is 2. The third-order valence-electron chi connectivity index (χ3n) is 2.59. The second kappa shape index (κ2) is 9.03. The summed E-state index contributed by atoms with van der Waals surface area (Å²) < 4.78 is 10.1. The van der Waals surface area contributed by atoms with E-state index in [1.807, 2.05) is 0 Å². The van der Waals surface area contributed by atoms with Crippen molar-refractivity contribution in [1.82, 2.24) is 0 Å². The highest BCUT2D eigenvalue weighted by Gasteiger charge is 2.14. The average Bonchev–Trinajstić information content (AvgIpc) is 2.42. The van der Waals surface area contributed by atoms with Gasteiger partial charge in [0, 0.05) is 17.9 Å². The number of benzene rings is 1. The fourth-order valence-corrected chi connectivity index (χ4v) is 2.38. The van der Waals surface area contributed by atoms with E-state index in [0.29, 0.717) is 11.4 Å². The van der Waals surface area contributed by atoms with E-state index in [2.05, 4.69) is 6.58 Å². The molecule has 0 amide bonds. The molecule has 0 saturated carbocycles. The van der Waals surface area contributed by atoms with Crippen molar-refractivity contribution in [1.29, 1.82) is 0 Å². The van der Waals surface area contributed by atoms with Crippen molar-refractivity contribution >= 4 is 46.7 Å². The van der Waals surface area contributed by atoms with E-state index in [4.69, 9.17) is 44.3 Å². The summed E-state index contributed by atoms with van der Waals surface area (Å²) >= 11 is 17.6. The predicted molar refractivity (Wildman–Crippen MR) is 86.7 cm³/mol. The monoisotopic (exact) mass is 364 g/mol. The van der Waals surface area contributed by atoms with E-state index in [9.17, 15) is 9.59 Å². The van der Waals surface area contributed by atoms with Crippen molar-refractivity contribution in [3.63, 3.8) is 0 Å². The van der Waals surface area contributed by atoms with Gasteiger partial charge in [-0.15, -0.1) is 0 Å². The Hall–Kier alpha value is -1.23. The van der Waals surface area contributed by atoms with Gasteiger partial charge in [-0.1, -0.05) is 47.5 Å². The summed E-state index contributed by atoms with van der Waals surface area (Å²) in [6.45, 7) is 5.20. The lowest BCUT2D eigenvalue weighted by Gasteiger charge is -2.10. The topological polar surface area (TPSA) is 52.6 Å². The minimum atomic E-state index is -0.546. The van der Waals surface area contributed by atoms with Crippen LogP contribution in [-0.4, -0.2) is 18.0 Å². The van der Waals surface area contributed by atoms with Crippen LogP contribution < -0.4 is 4.74 Å². The van der Waals surface area contributed by atoms with E-state index in [1.165, 1.54) is 18.2 Å². The molecule has 0 aliphatic rings. The Morgan fingerprint density at radius 2 is 1.73 bits per heavy atom. The van der Waals surface area contributed by atoms with Crippen molar-refractivity contribution < 1.29 is 19.1 Å². The van der Waals surface area contributed by atoms with Gasteiger partial charge in [0.15, 0.2) is 5.75 Å². The molecule has 0 bridgehead atoms. The van der Waals surface area contributed by atoms with Gasteiger partial charge >= 0.3 is 11.9 Å². The summed E-state index contributed by atoms with van der Waals surface area (Å²) in [5.74, 6) is -0.890. The zero-order valence-corrected chi connectivity index (χ0v) is 14.2. The molecule has 0 spiro atoms. The predicted octanol–water partition coefficient (Wildman–Crippen LogP) is 4.84. The number of ether oxygens (including phenoxy) is 2. The Labute approximate surface area is 143 Å². The van der Waals surface area contributed by atoms with Gasteiger partial charge in [0.05, 0.1) is 10.0 Å². The molecule has 0 saturated heterocycles. The molecule has 0 fully saturated rings. The molecule has 1 rings (SSSR count). The van der Waals surface area contributed by atoms with Gasteiger partial charge < -0.3 is 9.47 Å². The minimum Gasteiger partial charge on any atom is -0.458 e. The standard InChI is InChI=1S/C15H15Cl3O4/c1-3-9(2)21-13(19)5-4-6-14(20)22-15-11(17)7-10(16)8-12(15)18/h3,7-9H,1,4-6H2,2H3. The number of esters is 2. The normalized spacial score (nSPS) is 11.6. The van der Waals surface area contributed by atoms with E-state index in [0.717, 1.165) is 0 Å². The smallest absolute Gasteiger partial charge is 0.311 e. The van der Waals surface area contributed by atoms with Crippen molar-refractivity contribution in [3.8, 4) is 5.75 Å². The maximum Gasteiger partial charge on any atom is 0.311 e. The molecule has 120 valence electrons. The Morgan fingerprint density at radius 3 is 2.27 bits per heavy atom. The Kier molecular flexibility index (Phi) is 7.73. The first kappa shape index (κ1) is 18.8. The summed E-state index contributed by atoms with van der Waals surface area (Å²) in [5.41, 5.74) is 0. The zero-order chi connectivity index (χ0) is 16.7. The van der Waals surface area contributed by atoms with Gasteiger partial charge in [-0.25, -0.2) is 0 Å². The van der Waals surface area contributed by atoms with Gasteiger partial charge in [-0.2, -0.15) is 0 Å². The highest BCUT2D eigenvalue weighted by molar-refractivity contribution is 6.40. The molecule has 0 heterocycles. The van der Waals surface area contributed by atoms with Crippen molar-refractivity contribution in [2.45, 2.75) is 32.3 Å². The third kappa shape index (κ3) is 6.26. The van der Waals surface area contributed by atoms with Crippen molar-refractivity contribution in [3.05, 3.63) is 39.9 Å². The number of hydrogen-bond donors (Lipinski definition) is 0. The van der Waals surface area contributed by atoms with Crippen molar-refractivity contribution in [2.24, 2.45) is 0 Å². The zero-order valence-electron chi connectivity index (χ0n) is 11.9. The molecule has 1 aromatic rings. The molecule has 0 aliphatic heterocycles. The molecule has 0 N–H and O–H groups in total. The van der Waals surface area contributed by atoms with E-state index in [-0.39, 0.29) is 34.7 Å². The van der Waals surface area contributed by atoms with Crippen LogP contribution in [0.25, 0.3) is 0 Å². The summed E-state index contributed by atoms with van der Waals surface area (Å²) in [6, 6.07) is 2.84. The number of halogens is 3. The number of rotatable bonds is 7. The van der Waals surface area contributed by atoms with Crippen LogP contribution in [0.1, 0.15) is 26.2 Å². The second-order valence-corrected chi connectivity index (χ2v) is 5.71. The SMILES string of the molecule is C=CC(C)OC(=O)CCCC(=O)Oc1c(Cl)cc(Cl)cc1Cl. The maximum absolute atomic E-state index is 11.7. The van der Waals surface area contributed by atoms with Crippen LogP contribution in [0.3, 0.4) is 0 Å². The quantitative estimate of drug-likeness (QED) is 0.394. The number of carbonyl (C=O) groups excluding carboxylic acids is 2. The molecule has 0 radical (unpaired) electrons. The first-order valence-corrected chi connectivity index (χ1v) is 7.64. The highest BCUT2D eigenvalue weighted by Crippen LogP contribution is 2.36. The van der Waals surface area contributed by atoms with Crippen LogP contribution >= 0.6 is 34.8 Å². The van der Waals surface area contributed by atoms with Gasteiger partial charge in [0.1, 0.15) is 6.10 Å². The molecular formula is C15H15Cl3O4. The number of hydrogen-bond acceptors (Lipinski definition) is 4. The van der Waals surface area contributed by atoms with Gasteiger partial charge in [0.25, 0.3) is 0 Å². The van der Waals surface area contributed by atoms with Gasteiger partial charge in [-0.3, -0.25) is 9.59 Å². The van der Waals surface area contributed by atoms with Crippen LogP contribution in [-0.2, 0) is 14.3 Å². The molecule has 0 aliphatic carbocycles. The largest absolute Gasteiger partial charge is 0.458 e. The van der Waals surface area contributed by atoms with E-state index < -0.39 is 11.9 Å². The fraction of sp³-hybridized carbons (Fsp3) is 0.333. The van der Waals surface area contributed by atoms with Crippen LogP contribution in [0.4, 0.5) is 0 Å². The summed E-state index contributed by atoms with van der Waals surface area (Å²) in [4.78, 5) is 23.1. The molecule has 1 atom stereocenters. The third-order valence-corrected chi connectivity index (χ3v) is 3.37. The molecule has 4 nitrogen and oxygen atoms in total. The average molecular weight is 366 g/mol. The summed E-state index contributed by atoms with van der Waals surface area (Å²) in [7, 11) is 0. The Balaban J connectivity index is 2.45. The molecule has 1 aromatic carbocycles.